The number of unbranched alkanes of at least 4 members (excludes halogenated alkanes) is 18. The lowest BCUT2D eigenvalue weighted by Crippen LogP contribution is -2.24. The molecule has 0 aliphatic heterocycles. The number of hydrogen-bond donors (Lipinski definition) is 1. The third kappa shape index (κ3) is 31.8. The molecule has 0 aliphatic carbocycles. The number of hydrogen-bond acceptors (Lipinski definition) is 9. The molecular weight excluding hydrogens is 588 g/mol. The van der Waals surface area contributed by atoms with Crippen molar-refractivity contribution in [2.45, 2.75) is 187 Å². The molecule has 46 heavy (non-hydrogen) atoms. The molecule has 9 nitrogen and oxygen atoms in total. The first-order chi connectivity index (χ1) is 22.4. The Morgan fingerprint density at radius 3 is 1.11 bits per heavy atom. The average molecular weight is 657 g/mol. The van der Waals surface area contributed by atoms with Gasteiger partial charge in [-0.1, -0.05) is 90.9 Å². The normalized spacial score (nSPS) is 11.6. The van der Waals surface area contributed by atoms with Crippen molar-refractivity contribution in [2.75, 3.05) is 26.4 Å². The van der Waals surface area contributed by atoms with Gasteiger partial charge in [-0.3, -0.25) is 14.4 Å². The van der Waals surface area contributed by atoms with Crippen LogP contribution in [-0.4, -0.2) is 61.5 Å². The smallest absolute Gasteiger partial charge is 0.334 e. The van der Waals surface area contributed by atoms with Crippen molar-refractivity contribution in [3.63, 3.8) is 0 Å². The van der Waals surface area contributed by atoms with Crippen molar-refractivity contribution >= 4 is 23.9 Å². The van der Waals surface area contributed by atoms with Crippen LogP contribution in [0.5, 0.6) is 0 Å². The molecule has 270 valence electrons. The molecule has 0 spiro atoms. The molecule has 1 atom stereocenters. The Balaban J connectivity index is 3.52. The van der Waals surface area contributed by atoms with Gasteiger partial charge in [-0.15, -0.1) is 0 Å². The van der Waals surface area contributed by atoms with Gasteiger partial charge in [0, 0.05) is 19.3 Å². The largest absolute Gasteiger partial charge is 0.466 e. The van der Waals surface area contributed by atoms with E-state index in [0.29, 0.717) is 38.9 Å². The summed E-state index contributed by atoms with van der Waals surface area (Å²) in [5, 5.41) is 9.98. The monoisotopic (exact) mass is 656 g/mol. The molecule has 0 amide bonds. The molecule has 0 heterocycles. The highest BCUT2D eigenvalue weighted by Crippen LogP contribution is 2.11. The summed E-state index contributed by atoms with van der Waals surface area (Å²) in [6, 6.07) is 0. The van der Waals surface area contributed by atoms with Gasteiger partial charge in [0.25, 0.3) is 0 Å². The van der Waals surface area contributed by atoms with E-state index in [0.717, 1.165) is 64.2 Å². The van der Waals surface area contributed by atoms with Crippen LogP contribution in [-0.2, 0) is 38.1 Å². The van der Waals surface area contributed by atoms with Crippen molar-refractivity contribution in [1.82, 2.24) is 0 Å². The van der Waals surface area contributed by atoms with Gasteiger partial charge >= 0.3 is 23.9 Å². The Kier molecular flexibility index (Phi) is 32.6. The van der Waals surface area contributed by atoms with Crippen molar-refractivity contribution in [3.8, 4) is 0 Å². The third-order valence-corrected chi connectivity index (χ3v) is 7.97. The van der Waals surface area contributed by atoms with Crippen LogP contribution in [0.15, 0.2) is 0 Å². The first kappa shape index (κ1) is 43.8. The predicted octanol–water partition coefficient (Wildman–Crippen LogP) is 8.70. The Bertz CT molecular complexity index is 740. The van der Waals surface area contributed by atoms with Gasteiger partial charge in [0.2, 0.25) is 0 Å². The van der Waals surface area contributed by atoms with E-state index in [1.807, 2.05) is 0 Å². The topological polar surface area (TPSA) is 125 Å². The molecule has 1 unspecified atom stereocenters. The molecule has 0 aromatic carbocycles. The average Bonchev–Trinajstić information content (AvgIpc) is 3.05. The van der Waals surface area contributed by atoms with Gasteiger partial charge in [0.15, 0.2) is 6.10 Å². The highest BCUT2D eigenvalue weighted by Gasteiger charge is 2.18. The summed E-state index contributed by atoms with van der Waals surface area (Å²) in [5.74, 6) is -1.42. The summed E-state index contributed by atoms with van der Waals surface area (Å²) in [7, 11) is 0. The summed E-state index contributed by atoms with van der Waals surface area (Å²) in [6.45, 7) is 5.75. The lowest BCUT2D eigenvalue weighted by atomic mass is 10.1. The zero-order valence-corrected chi connectivity index (χ0v) is 29.5. The van der Waals surface area contributed by atoms with E-state index >= 15 is 0 Å². The number of esters is 4. The minimum atomic E-state index is -1.35. The van der Waals surface area contributed by atoms with Gasteiger partial charge in [0.05, 0.1) is 26.4 Å². The van der Waals surface area contributed by atoms with E-state index in [9.17, 15) is 24.3 Å². The van der Waals surface area contributed by atoms with Crippen LogP contribution < -0.4 is 0 Å². The molecule has 9 heteroatoms. The fourth-order valence-corrected chi connectivity index (χ4v) is 4.98. The van der Waals surface area contributed by atoms with E-state index in [1.165, 1.54) is 64.2 Å². The highest BCUT2D eigenvalue weighted by atomic mass is 16.6. The van der Waals surface area contributed by atoms with Crippen LogP contribution in [0.3, 0.4) is 0 Å². The number of carbonyl (C=O) groups excluding carboxylic acids is 4. The van der Waals surface area contributed by atoms with Crippen LogP contribution in [0.1, 0.15) is 181 Å². The summed E-state index contributed by atoms with van der Waals surface area (Å²) >= 11 is 0. The van der Waals surface area contributed by atoms with Crippen molar-refractivity contribution in [1.29, 1.82) is 0 Å². The SMILES string of the molecule is CCCCCCCCCC(=O)OCCCCCCOC(=O)CCC(O)C(=O)OCCCCCCOC(=O)CCCCCCCCC. The van der Waals surface area contributed by atoms with Gasteiger partial charge in [-0.05, 0) is 70.6 Å². The second-order valence-electron chi connectivity index (χ2n) is 12.5. The zero-order chi connectivity index (χ0) is 33.9. The Hall–Kier alpha value is -2.16. The van der Waals surface area contributed by atoms with E-state index in [1.54, 1.807) is 0 Å². The lowest BCUT2D eigenvalue weighted by Gasteiger charge is -2.11. The maximum atomic E-state index is 12.0. The van der Waals surface area contributed by atoms with Crippen LogP contribution >= 0.6 is 0 Å². The summed E-state index contributed by atoms with van der Waals surface area (Å²) in [6.07, 6.45) is 22.4. The van der Waals surface area contributed by atoms with Gasteiger partial charge in [-0.25, -0.2) is 4.79 Å². The number of ether oxygens (including phenoxy) is 4. The standard InChI is InChI=1S/C37H68O9/c1-3-5-7-9-11-13-19-25-34(39)43-29-21-15-16-23-31-45-36(41)28-27-33(38)37(42)46-32-24-18-17-22-30-44-35(40)26-20-14-12-10-8-6-4-2/h33,38H,3-32H2,1-2H3. The molecule has 0 aromatic heterocycles. The fourth-order valence-electron chi connectivity index (χ4n) is 4.98. The first-order valence-corrected chi connectivity index (χ1v) is 18.7. The van der Waals surface area contributed by atoms with Crippen molar-refractivity contribution in [3.05, 3.63) is 0 Å². The summed E-state index contributed by atoms with van der Waals surface area (Å²) in [5.41, 5.74) is 0. The molecule has 0 saturated carbocycles. The lowest BCUT2D eigenvalue weighted by molar-refractivity contribution is -0.155. The minimum Gasteiger partial charge on any atom is -0.466 e. The Morgan fingerprint density at radius 1 is 0.413 bits per heavy atom. The van der Waals surface area contributed by atoms with Gasteiger partial charge in [-0.2, -0.15) is 0 Å². The molecule has 1 N–H and O–H groups in total. The quantitative estimate of drug-likeness (QED) is 0.0411. The molecular formula is C37H68O9. The van der Waals surface area contributed by atoms with Crippen LogP contribution in [0.2, 0.25) is 0 Å². The predicted molar refractivity (Wildman–Crippen MR) is 181 cm³/mol. The number of carbonyl (C=O) groups is 4. The second kappa shape index (κ2) is 34.2. The second-order valence-corrected chi connectivity index (χ2v) is 12.5. The van der Waals surface area contributed by atoms with Crippen molar-refractivity contribution < 1.29 is 43.2 Å². The van der Waals surface area contributed by atoms with E-state index in [-0.39, 0.29) is 38.0 Å². The Labute approximate surface area is 280 Å². The minimum absolute atomic E-state index is 0.0356. The summed E-state index contributed by atoms with van der Waals surface area (Å²) in [4.78, 5) is 47.4. The molecule has 0 fully saturated rings. The molecule has 0 rings (SSSR count). The van der Waals surface area contributed by atoms with E-state index in [2.05, 4.69) is 13.8 Å². The van der Waals surface area contributed by atoms with Gasteiger partial charge in [0.1, 0.15) is 0 Å². The number of rotatable bonds is 34. The third-order valence-electron chi connectivity index (χ3n) is 7.97. The molecule has 0 saturated heterocycles. The highest BCUT2D eigenvalue weighted by molar-refractivity contribution is 5.76. The molecule has 0 bridgehead atoms. The van der Waals surface area contributed by atoms with Crippen LogP contribution in [0, 0.1) is 0 Å². The van der Waals surface area contributed by atoms with Gasteiger partial charge < -0.3 is 24.1 Å². The van der Waals surface area contributed by atoms with E-state index < -0.39 is 18.0 Å². The zero-order valence-electron chi connectivity index (χ0n) is 29.5. The molecule has 0 aromatic rings. The number of aliphatic hydroxyl groups is 1. The first-order valence-electron chi connectivity index (χ1n) is 18.7. The maximum absolute atomic E-state index is 12.0. The summed E-state index contributed by atoms with van der Waals surface area (Å²) < 4.78 is 20.9. The van der Waals surface area contributed by atoms with E-state index in [4.69, 9.17) is 18.9 Å². The Morgan fingerprint density at radius 2 is 0.717 bits per heavy atom. The van der Waals surface area contributed by atoms with Crippen LogP contribution in [0.4, 0.5) is 0 Å². The molecule has 0 radical (unpaired) electrons. The molecule has 0 aliphatic rings. The number of aliphatic hydroxyl groups excluding tert-OH is 1. The fraction of sp³-hybridized carbons (Fsp3) is 0.892. The maximum Gasteiger partial charge on any atom is 0.334 e. The van der Waals surface area contributed by atoms with Crippen molar-refractivity contribution in [2.24, 2.45) is 0 Å². The van der Waals surface area contributed by atoms with Crippen LogP contribution in [0.25, 0.3) is 0 Å².